The van der Waals surface area contributed by atoms with Gasteiger partial charge in [-0.05, 0) is 27.7 Å². The first kappa shape index (κ1) is 12.4. The smallest absolute Gasteiger partial charge is 0.221 e. The number of aliphatic hydroxyl groups is 1. The van der Waals surface area contributed by atoms with E-state index in [-0.39, 0.29) is 5.91 Å². The molecule has 78 valence electrons. The zero-order valence-electron chi connectivity index (χ0n) is 8.85. The third-order valence-corrected chi connectivity index (χ3v) is 2.35. The lowest BCUT2D eigenvalue weighted by molar-refractivity contribution is -0.125. The molecule has 0 spiro atoms. The van der Waals surface area contributed by atoms with E-state index >= 15 is 0 Å². The highest BCUT2D eigenvalue weighted by atomic mass is 16.3. The van der Waals surface area contributed by atoms with Gasteiger partial charge in [-0.2, -0.15) is 0 Å². The Balaban J connectivity index is 4.26. The first-order valence-corrected chi connectivity index (χ1v) is 4.44. The predicted octanol–water partition coefficient (Wildman–Crippen LogP) is 0.000900. The van der Waals surface area contributed by atoms with E-state index in [0.717, 1.165) is 0 Å². The van der Waals surface area contributed by atoms with Gasteiger partial charge in [0, 0.05) is 13.0 Å². The maximum absolute atomic E-state index is 11.2. The zero-order chi connectivity index (χ0) is 10.7. The van der Waals surface area contributed by atoms with Gasteiger partial charge in [0.1, 0.15) is 0 Å². The first-order valence-electron chi connectivity index (χ1n) is 4.44. The second-order valence-corrected chi connectivity index (χ2v) is 4.27. The second-order valence-electron chi connectivity index (χ2n) is 4.27. The molecule has 0 aromatic rings. The number of rotatable bonds is 4. The van der Waals surface area contributed by atoms with Crippen LogP contribution >= 0.6 is 0 Å². The molecular weight excluding hydrogens is 168 g/mol. The van der Waals surface area contributed by atoms with Gasteiger partial charge >= 0.3 is 0 Å². The Bertz CT molecular complexity index is 183. The average molecular weight is 188 g/mol. The third-order valence-electron chi connectivity index (χ3n) is 2.35. The van der Waals surface area contributed by atoms with Crippen LogP contribution in [0.15, 0.2) is 0 Å². The SMILES string of the molecule is CC(C)(O)C(C)(C)NC(=O)CCN. The maximum Gasteiger partial charge on any atom is 0.221 e. The van der Waals surface area contributed by atoms with Crippen LogP contribution in [0.3, 0.4) is 0 Å². The van der Waals surface area contributed by atoms with Crippen molar-refractivity contribution in [1.82, 2.24) is 5.32 Å². The molecule has 0 aliphatic carbocycles. The van der Waals surface area contributed by atoms with Gasteiger partial charge in [0.2, 0.25) is 5.91 Å². The fraction of sp³-hybridized carbons (Fsp3) is 0.889. The van der Waals surface area contributed by atoms with E-state index in [1.54, 1.807) is 27.7 Å². The minimum atomic E-state index is -0.947. The molecule has 0 atom stereocenters. The fourth-order valence-electron chi connectivity index (χ4n) is 0.695. The number of hydrogen-bond donors (Lipinski definition) is 3. The molecular formula is C9H20N2O2. The number of amides is 1. The van der Waals surface area contributed by atoms with Crippen molar-refractivity contribution in [2.75, 3.05) is 6.54 Å². The lowest BCUT2D eigenvalue weighted by atomic mass is 9.86. The summed E-state index contributed by atoms with van der Waals surface area (Å²) in [5.41, 5.74) is 3.65. The van der Waals surface area contributed by atoms with Crippen molar-refractivity contribution < 1.29 is 9.90 Å². The number of nitrogens with one attached hydrogen (secondary N) is 1. The highest BCUT2D eigenvalue weighted by molar-refractivity contribution is 5.77. The topological polar surface area (TPSA) is 75.3 Å². The van der Waals surface area contributed by atoms with Gasteiger partial charge in [-0.25, -0.2) is 0 Å². The second kappa shape index (κ2) is 4.07. The molecule has 4 nitrogen and oxygen atoms in total. The van der Waals surface area contributed by atoms with E-state index < -0.39 is 11.1 Å². The number of hydrogen-bond acceptors (Lipinski definition) is 3. The molecule has 0 saturated carbocycles. The van der Waals surface area contributed by atoms with Crippen molar-refractivity contribution >= 4 is 5.91 Å². The van der Waals surface area contributed by atoms with Gasteiger partial charge in [-0.15, -0.1) is 0 Å². The standard InChI is InChI=1S/C9H20N2O2/c1-8(2,9(3,4)13)11-7(12)5-6-10/h13H,5-6,10H2,1-4H3,(H,11,12). The van der Waals surface area contributed by atoms with Crippen LogP contribution in [0.2, 0.25) is 0 Å². The minimum absolute atomic E-state index is 0.130. The van der Waals surface area contributed by atoms with Crippen molar-refractivity contribution in [1.29, 1.82) is 0 Å². The molecule has 4 N–H and O–H groups in total. The molecule has 0 fully saturated rings. The van der Waals surface area contributed by atoms with Gasteiger partial charge in [0.15, 0.2) is 0 Å². The Kier molecular flexibility index (Phi) is 3.88. The molecule has 0 aliphatic heterocycles. The summed E-state index contributed by atoms with van der Waals surface area (Å²) >= 11 is 0. The minimum Gasteiger partial charge on any atom is -0.388 e. The summed E-state index contributed by atoms with van der Waals surface area (Å²) in [5, 5.41) is 12.4. The molecule has 0 saturated heterocycles. The molecule has 0 aliphatic rings. The van der Waals surface area contributed by atoms with Crippen molar-refractivity contribution in [2.24, 2.45) is 5.73 Å². The molecule has 0 bridgehead atoms. The van der Waals surface area contributed by atoms with E-state index in [0.29, 0.717) is 13.0 Å². The first-order chi connectivity index (χ1) is 5.70. The monoisotopic (exact) mass is 188 g/mol. The van der Waals surface area contributed by atoms with Crippen LogP contribution in [-0.2, 0) is 4.79 Å². The number of carbonyl (C=O) groups is 1. The van der Waals surface area contributed by atoms with Crippen LogP contribution in [0.25, 0.3) is 0 Å². The Morgan fingerprint density at radius 1 is 1.38 bits per heavy atom. The third kappa shape index (κ3) is 3.74. The van der Waals surface area contributed by atoms with E-state index in [1.165, 1.54) is 0 Å². The van der Waals surface area contributed by atoms with Crippen LogP contribution in [0, 0.1) is 0 Å². The van der Waals surface area contributed by atoms with E-state index in [9.17, 15) is 9.90 Å². The summed E-state index contributed by atoms with van der Waals surface area (Å²) < 4.78 is 0. The van der Waals surface area contributed by atoms with Gasteiger partial charge in [0.05, 0.1) is 11.1 Å². The summed E-state index contributed by atoms with van der Waals surface area (Å²) in [6.45, 7) is 7.21. The van der Waals surface area contributed by atoms with Crippen LogP contribution in [-0.4, -0.2) is 28.7 Å². The highest BCUT2D eigenvalue weighted by Gasteiger charge is 2.35. The van der Waals surface area contributed by atoms with Crippen LogP contribution in [0.1, 0.15) is 34.1 Å². The van der Waals surface area contributed by atoms with Crippen molar-refractivity contribution in [3.63, 3.8) is 0 Å². The molecule has 0 radical (unpaired) electrons. The van der Waals surface area contributed by atoms with Crippen molar-refractivity contribution in [3.8, 4) is 0 Å². The van der Waals surface area contributed by atoms with Gasteiger partial charge < -0.3 is 16.2 Å². The van der Waals surface area contributed by atoms with Crippen molar-refractivity contribution in [3.05, 3.63) is 0 Å². The summed E-state index contributed by atoms with van der Waals surface area (Å²) in [6, 6.07) is 0. The Hall–Kier alpha value is -0.610. The highest BCUT2D eigenvalue weighted by Crippen LogP contribution is 2.20. The molecule has 13 heavy (non-hydrogen) atoms. The fourth-order valence-corrected chi connectivity index (χ4v) is 0.695. The molecule has 4 heteroatoms. The lowest BCUT2D eigenvalue weighted by Crippen LogP contribution is -2.57. The average Bonchev–Trinajstić information content (AvgIpc) is 1.83. The molecule has 1 amide bonds. The molecule has 0 rings (SSSR count). The summed E-state index contributed by atoms with van der Waals surface area (Å²) in [4.78, 5) is 11.2. The van der Waals surface area contributed by atoms with Gasteiger partial charge in [-0.3, -0.25) is 4.79 Å². The molecule has 0 unspecified atom stereocenters. The summed E-state index contributed by atoms with van der Waals surface area (Å²) in [5.74, 6) is -0.130. The van der Waals surface area contributed by atoms with E-state index in [4.69, 9.17) is 5.73 Å². The summed E-state index contributed by atoms with van der Waals surface area (Å²) in [7, 11) is 0. The van der Waals surface area contributed by atoms with Crippen molar-refractivity contribution in [2.45, 2.75) is 45.3 Å². The largest absolute Gasteiger partial charge is 0.388 e. The molecule has 0 heterocycles. The van der Waals surface area contributed by atoms with Crippen LogP contribution < -0.4 is 11.1 Å². The Labute approximate surface area is 79.5 Å². The Morgan fingerprint density at radius 3 is 2.15 bits per heavy atom. The predicted molar refractivity (Wildman–Crippen MR) is 52.2 cm³/mol. The summed E-state index contributed by atoms with van der Waals surface area (Å²) in [6.07, 6.45) is 0.291. The Morgan fingerprint density at radius 2 is 1.85 bits per heavy atom. The normalized spacial score (nSPS) is 12.8. The maximum atomic E-state index is 11.2. The lowest BCUT2D eigenvalue weighted by Gasteiger charge is -2.38. The van der Waals surface area contributed by atoms with Crippen LogP contribution in [0.4, 0.5) is 0 Å². The quantitative estimate of drug-likeness (QED) is 0.581. The number of carbonyl (C=O) groups excluding carboxylic acids is 1. The zero-order valence-corrected chi connectivity index (χ0v) is 8.85. The van der Waals surface area contributed by atoms with Gasteiger partial charge in [-0.1, -0.05) is 0 Å². The molecule has 0 aromatic heterocycles. The van der Waals surface area contributed by atoms with E-state index in [2.05, 4.69) is 5.32 Å². The number of nitrogens with two attached hydrogens (primary N) is 1. The van der Waals surface area contributed by atoms with Crippen LogP contribution in [0.5, 0.6) is 0 Å². The molecule has 0 aromatic carbocycles. The van der Waals surface area contributed by atoms with E-state index in [1.807, 2.05) is 0 Å². The van der Waals surface area contributed by atoms with Gasteiger partial charge in [0.25, 0.3) is 0 Å².